The number of carbonyl (C=O) groups is 12. The molecule has 0 aromatic heterocycles. The van der Waals surface area contributed by atoms with E-state index in [4.69, 9.17) is 33.5 Å². The number of aliphatic hydroxyl groups excluding tert-OH is 5. The Labute approximate surface area is 490 Å². The van der Waals surface area contributed by atoms with Crippen molar-refractivity contribution in [3.05, 3.63) is 11.8 Å². The average Bonchev–Trinajstić information content (AvgIpc) is 3.64. The number of carbonyl (C=O) groups excluding carboxylic acids is 10. The Bertz CT molecular complexity index is 2230. The van der Waals surface area contributed by atoms with Gasteiger partial charge in [0.25, 0.3) is 5.91 Å². The van der Waals surface area contributed by atoms with Gasteiger partial charge in [0, 0.05) is 0 Å². The zero-order chi connectivity index (χ0) is 63.6. The maximum atomic E-state index is 14.2. The van der Waals surface area contributed by atoms with Gasteiger partial charge in [0.05, 0.1) is 43.1 Å². The van der Waals surface area contributed by atoms with Gasteiger partial charge in [-0.1, -0.05) is 64.4 Å². The van der Waals surface area contributed by atoms with Gasteiger partial charge in [-0.15, -0.1) is 11.6 Å². The summed E-state index contributed by atoms with van der Waals surface area (Å²) in [7, 11) is 0. The topological polar surface area (TPSA) is 542 Å². The molecule has 1 saturated heterocycles. The van der Waals surface area contributed by atoms with Crippen LogP contribution in [-0.4, -0.2) is 218 Å². The molecule has 22 N–H and O–H groups in total. The van der Waals surface area contributed by atoms with Crippen LogP contribution in [0.1, 0.15) is 124 Å². The van der Waals surface area contributed by atoms with Crippen LogP contribution in [0.3, 0.4) is 0 Å². The highest BCUT2D eigenvalue weighted by atomic mass is 35.5. The van der Waals surface area contributed by atoms with Crippen LogP contribution in [0.5, 0.6) is 0 Å². The van der Waals surface area contributed by atoms with E-state index in [2.05, 4.69) is 44.1 Å². The summed E-state index contributed by atoms with van der Waals surface area (Å²) in [5, 5.41) is 92.6. The molecule has 0 radical (unpaired) electrons. The molecule has 0 aromatic carbocycles. The van der Waals surface area contributed by atoms with Crippen LogP contribution >= 0.6 is 11.6 Å². The van der Waals surface area contributed by atoms with Gasteiger partial charge in [0.2, 0.25) is 47.3 Å². The predicted octanol–water partition coefficient (Wildman–Crippen LogP) is -6.19. The molecule has 1 aliphatic heterocycles. The number of alkyl halides is 1. The van der Waals surface area contributed by atoms with Crippen LogP contribution in [-0.2, 0) is 62.3 Å². The molecule has 1 aliphatic rings. The summed E-state index contributed by atoms with van der Waals surface area (Å²) in [5.74, 6) is -18.2. The highest BCUT2D eigenvalue weighted by Crippen LogP contribution is 2.15. The van der Waals surface area contributed by atoms with E-state index in [0.717, 1.165) is 64.9 Å². The number of nitrogens with two attached hydrogens (primary N) is 3. The molecule has 0 aliphatic carbocycles. The third-order valence-electron chi connectivity index (χ3n) is 13.1. The van der Waals surface area contributed by atoms with E-state index in [1.165, 1.54) is 0 Å². The summed E-state index contributed by atoms with van der Waals surface area (Å²) in [4.78, 5) is 163. The lowest BCUT2D eigenvalue weighted by atomic mass is 10.0. The molecule has 0 bridgehead atoms. The minimum atomic E-state index is -2.85. The first-order chi connectivity index (χ1) is 39.7. The number of halogens is 1. The van der Waals surface area contributed by atoms with Crippen LogP contribution in [0.4, 0.5) is 0 Å². The highest BCUT2D eigenvalue weighted by molar-refractivity contribution is 6.18. The molecule has 13 atom stereocenters. The van der Waals surface area contributed by atoms with Gasteiger partial charge in [-0.2, -0.15) is 0 Å². The number of unbranched alkanes of at least 4 members (excludes halogenated alkanes) is 8. The van der Waals surface area contributed by atoms with Crippen molar-refractivity contribution < 1.29 is 98.0 Å². The Balaban J connectivity index is 4.04. The Morgan fingerprint density at radius 1 is 0.619 bits per heavy atom. The quantitative estimate of drug-likeness (QED) is 0.0150. The Hall–Kier alpha value is -6.65. The van der Waals surface area contributed by atoms with Gasteiger partial charge in [0.1, 0.15) is 54.6 Å². The van der Waals surface area contributed by atoms with E-state index >= 15 is 0 Å². The molecule has 1 fully saturated rings. The smallest absolute Gasteiger partial charge is 0.335 e. The maximum absolute atomic E-state index is 14.2. The molecular weight excluding hydrogens is 1140 g/mol. The molecule has 478 valence electrons. The molecular formula is C51H87ClN12O20. The number of rotatable bonds is 28. The Morgan fingerprint density at radius 2 is 1.13 bits per heavy atom. The zero-order valence-electron chi connectivity index (χ0n) is 47.5. The molecule has 33 heteroatoms. The first-order valence-electron chi connectivity index (χ1n) is 27.8. The third-order valence-corrected chi connectivity index (χ3v) is 13.4. The number of allylic oxidation sites excluding steroid dienone is 1. The number of hydrogen-bond donors (Lipinski definition) is 19. The lowest BCUT2D eigenvalue weighted by molar-refractivity contribution is -0.155. The highest BCUT2D eigenvalue weighted by Gasteiger charge is 2.41. The van der Waals surface area contributed by atoms with E-state index < -0.39 is 194 Å². The molecule has 0 aromatic rings. The minimum absolute atomic E-state index is 0.0826. The molecule has 9 amide bonds. The Morgan fingerprint density at radius 3 is 1.64 bits per heavy atom. The first kappa shape index (κ1) is 75.4. The zero-order valence-corrected chi connectivity index (χ0v) is 48.2. The van der Waals surface area contributed by atoms with Crippen molar-refractivity contribution in [3.8, 4) is 0 Å². The standard InChI is InChI=1S/C51H87ClN12O20/c1-4-6-7-8-9-10-11-12-16-33(66)34(67)23-36(69)56-32-25-84-51(83)39(35(68)24-52)63-49(80)40(41(72)50(81)82)64-42(73)27(5-2)57-48(79)38(26(3)65)62-45(76)30(18-21-55)59-43(74)28(15-13-14-19-53)58-46(77)31(22-37(70)71)61-44(75)29(17-20-54)60-47(32)78/h5,26,28-35,38-41,65-68,72H,4,6-25,53-55H2,1-3H3,(H,56,69)(H,57,79)(H,58,77)(H,59,74)(H,60,78)(H,61,75)(H,62,76)(H,63,80)(H,64,73)(H,70,71)(H,81,82)/b27-5+/t26-,28-,29+,30-,31-,32-,33?,34?,35+,38-,39-,40-,41-/m0/s1. The first-order valence-corrected chi connectivity index (χ1v) is 28.3. The van der Waals surface area contributed by atoms with Gasteiger partial charge in [-0.05, 0) is 72.0 Å². The molecule has 2 unspecified atom stereocenters. The summed E-state index contributed by atoms with van der Waals surface area (Å²) < 4.78 is 5.24. The van der Waals surface area contributed by atoms with E-state index in [-0.39, 0.29) is 45.2 Å². The third kappa shape index (κ3) is 27.4. The number of carboxylic acids is 2. The minimum Gasteiger partial charge on any atom is -0.481 e. The number of hydrogen-bond acceptors (Lipinski definition) is 21. The molecule has 0 saturated carbocycles. The van der Waals surface area contributed by atoms with Crippen LogP contribution in [0, 0.1) is 0 Å². The van der Waals surface area contributed by atoms with Crippen LogP contribution in [0.15, 0.2) is 11.8 Å². The van der Waals surface area contributed by atoms with Gasteiger partial charge in [-0.25, -0.2) is 9.59 Å². The second-order valence-electron chi connectivity index (χ2n) is 20.0. The normalized spacial score (nSPS) is 24.8. The molecule has 84 heavy (non-hydrogen) atoms. The number of aliphatic carboxylic acids is 2. The van der Waals surface area contributed by atoms with Gasteiger partial charge >= 0.3 is 17.9 Å². The fourth-order valence-electron chi connectivity index (χ4n) is 8.23. The maximum Gasteiger partial charge on any atom is 0.335 e. The second-order valence-corrected chi connectivity index (χ2v) is 20.3. The largest absolute Gasteiger partial charge is 0.481 e. The van der Waals surface area contributed by atoms with Crippen molar-refractivity contribution >= 4 is 82.7 Å². The second kappa shape index (κ2) is 40.6. The van der Waals surface area contributed by atoms with E-state index in [0.29, 0.717) is 6.42 Å². The van der Waals surface area contributed by atoms with Crippen molar-refractivity contribution in [2.75, 3.05) is 32.1 Å². The van der Waals surface area contributed by atoms with Crippen molar-refractivity contribution in [1.82, 2.24) is 47.9 Å². The molecule has 1 heterocycles. The van der Waals surface area contributed by atoms with E-state index in [1.807, 2.05) is 10.6 Å². The summed E-state index contributed by atoms with van der Waals surface area (Å²) in [6.45, 7) is 2.45. The lowest BCUT2D eigenvalue weighted by Gasteiger charge is -2.28. The van der Waals surface area contributed by atoms with Crippen molar-refractivity contribution in [2.45, 2.75) is 202 Å². The fourth-order valence-corrected chi connectivity index (χ4v) is 8.40. The van der Waals surface area contributed by atoms with Crippen molar-refractivity contribution in [1.29, 1.82) is 0 Å². The Kier molecular flexibility index (Phi) is 36.4. The van der Waals surface area contributed by atoms with E-state index in [9.17, 15) is 93.3 Å². The molecule has 32 nitrogen and oxygen atoms in total. The summed E-state index contributed by atoms with van der Waals surface area (Å²) in [5.41, 5.74) is 16.4. The van der Waals surface area contributed by atoms with Crippen molar-refractivity contribution in [3.63, 3.8) is 0 Å². The van der Waals surface area contributed by atoms with Gasteiger partial charge < -0.3 is 106 Å². The van der Waals surface area contributed by atoms with Crippen LogP contribution in [0.25, 0.3) is 0 Å². The summed E-state index contributed by atoms with van der Waals surface area (Å²) >= 11 is 5.85. The average molecular weight is 1220 g/mol. The molecule has 1 rings (SSSR count). The predicted molar refractivity (Wildman–Crippen MR) is 297 cm³/mol. The SMILES string of the molecule is C/C=C1/NC(=O)[C@H]([C@H](C)O)NC(=O)[C@H](CCN)NC(=O)[C@H](CCCCN)NC(=O)[C@H](CC(=O)O)NC(=O)[C@@H](CCN)NC(=O)[C@@H](NC(=O)CC(O)C(O)CCCCCCCCCC)COC(=O)[C@H]([C@H](O)CCl)NC(=O)[C@H]([C@H](O)C(=O)O)NC1=O. The number of nitrogens with one attached hydrogen (secondary N) is 9. The van der Waals surface area contributed by atoms with E-state index in [1.54, 1.807) is 0 Å². The number of aliphatic hydroxyl groups is 5. The number of ether oxygens (including phenoxy) is 1. The number of amides is 9. The molecule has 0 spiro atoms. The number of esters is 1. The number of cyclic esters (lactones) is 1. The van der Waals surface area contributed by atoms with Crippen molar-refractivity contribution in [2.24, 2.45) is 17.2 Å². The monoisotopic (exact) mass is 1220 g/mol. The van der Waals surface area contributed by atoms with Crippen LogP contribution in [0.2, 0.25) is 0 Å². The fraction of sp³-hybridized carbons (Fsp3) is 0.725. The summed E-state index contributed by atoms with van der Waals surface area (Å²) in [6.07, 6.45) is -4.17. The number of carboxylic acid groups (broad SMARTS) is 2. The lowest BCUT2D eigenvalue weighted by Crippen LogP contribution is -2.62. The summed E-state index contributed by atoms with van der Waals surface area (Å²) in [6, 6.07) is -16.1. The van der Waals surface area contributed by atoms with Gasteiger partial charge in [0.15, 0.2) is 12.1 Å². The van der Waals surface area contributed by atoms with Crippen LogP contribution < -0.4 is 65.1 Å². The van der Waals surface area contributed by atoms with Gasteiger partial charge in [-0.3, -0.25) is 47.9 Å².